The Labute approximate surface area is 125 Å². The van der Waals surface area contributed by atoms with Crippen molar-refractivity contribution in [1.29, 1.82) is 0 Å². The van der Waals surface area contributed by atoms with Crippen molar-refractivity contribution in [2.75, 3.05) is 4.90 Å². The van der Waals surface area contributed by atoms with Crippen molar-refractivity contribution in [2.24, 2.45) is 0 Å². The van der Waals surface area contributed by atoms with E-state index in [9.17, 15) is 0 Å². The SMILES string of the molecule is c1ccc(C2Cc3ccccc3N2c2ccccc2)cc1. The van der Waals surface area contributed by atoms with Crippen molar-refractivity contribution >= 4 is 11.4 Å². The topological polar surface area (TPSA) is 3.24 Å². The number of para-hydroxylation sites is 2. The summed E-state index contributed by atoms with van der Waals surface area (Å²) in [6, 6.07) is 30.6. The number of hydrogen-bond donors (Lipinski definition) is 0. The van der Waals surface area contributed by atoms with Gasteiger partial charge in [-0.3, -0.25) is 0 Å². The minimum absolute atomic E-state index is 0.381. The van der Waals surface area contributed by atoms with E-state index in [0.29, 0.717) is 6.04 Å². The van der Waals surface area contributed by atoms with Crippen LogP contribution in [0.3, 0.4) is 0 Å². The predicted octanol–water partition coefficient (Wildman–Crippen LogP) is 5.12. The van der Waals surface area contributed by atoms with Crippen LogP contribution in [-0.2, 0) is 6.42 Å². The van der Waals surface area contributed by atoms with E-state index < -0.39 is 0 Å². The first-order chi connectivity index (χ1) is 10.4. The molecule has 0 aromatic heterocycles. The van der Waals surface area contributed by atoms with Crippen molar-refractivity contribution in [2.45, 2.75) is 12.5 Å². The van der Waals surface area contributed by atoms with Gasteiger partial charge in [-0.1, -0.05) is 66.7 Å². The van der Waals surface area contributed by atoms with E-state index in [2.05, 4.69) is 89.8 Å². The van der Waals surface area contributed by atoms with Gasteiger partial charge in [0, 0.05) is 11.4 Å². The highest BCUT2D eigenvalue weighted by molar-refractivity contribution is 5.71. The van der Waals surface area contributed by atoms with Crippen molar-refractivity contribution in [3.8, 4) is 0 Å². The molecule has 0 bridgehead atoms. The van der Waals surface area contributed by atoms with Crippen molar-refractivity contribution in [3.63, 3.8) is 0 Å². The lowest BCUT2D eigenvalue weighted by Gasteiger charge is -2.28. The third-order valence-corrected chi connectivity index (χ3v) is 4.19. The Balaban J connectivity index is 1.85. The summed E-state index contributed by atoms with van der Waals surface area (Å²) in [5.74, 6) is 0. The van der Waals surface area contributed by atoms with E-state index in [4.69, 9.17) is 0 Å². The lowest BCUT2D eigenvalue weighted by atomic mass is 10.0. The molecule has 1 atom stereocenters. The molecule has 102 valence electrons. The van der Waals surface area contributed by atoms with E-state index in [-0.39, 0.29) is 0 Å². The largest absolute Gasteiger partial charge is 0.333 e. The molecule has 1 aliphatic heterocycles. The maximum Gasteiger partial charge on any atom is 0.0632 e. The van der Waals surface area contributed by atoms with Crippen LogP contribution in [0.1, 0.15) is 17.2 Å². The van der Waals surface area contributed by atoms with Crippen LogP contribution in [0.2, 0.25) is 0 Å². The zero-order valence-electron chi connectivity index (χ0n) is 11.8. The fourth-order valence-corrected chi connectivity index (χ4v) is 3.24. The predicted molar refractivity (Wildman–Crippen MR) is 87.9 cm³/mol. The fourth-order valence-electron chi connectivity index (χ4n) is 3.24. The highest BCUT2D eigenvalue weighted by Gasteiger charge is 2.30. The van der Waals surface area contributed by atoms with E-state index >= 15 is 0 Å². The van der Waals surface area contributed by atoms with Gasteiger partial charge in [0.2, 0.25) is 0 Å². The van der Waals surface area contributed by atoms with Gasteiger partial charge in [-0.05, 0) is 35.7 Å². The van der Waals surface area contributed by atoms with Gasteiger partial charge < -0.3 is 4.90 Å². The molecule has 0 amide bonds. The smallest absolute Gasteiger partial charge is 0.0632 e. The monoisotopic (exact) mass is 271 g/mol. The molecular formula is C20H17N. The van der Waals surface area contributed by atoms with Crippen LogP contribution < -0.4 is 4.90 Å². The standard InChI is InChI=1S/C20H17N/c1-3-9-16(10-4-1)20-15-17-11-7-8-14-19(17)21(20)18-12-5-2-6-13-18/h1-14,20H,15H2. The zero-order valence-corrected chi connectivity index (χ0v) is 11.8. The molecule has 21 heavy (non-hydrogen) atoms. The minimum atomic E-state index is 0.381. The molecule has 1 nitrogen and oxygen atoms in total. The van der Waals surface area contributed by atoms with Crippen molar-refractivity contribution in [1.82, 2.24) is 0 Å². The summed E-state index contributed by atoms with van der Waals surface area (Å²) in [6.07, 6.45) is 1.06. The molecule has 1 heterocycles. The fraction of sp³-hybridized carbons (Fsp3) is 0.100. The third kappa shape index (κ3) is 2.11. The maximum atomic E-state index is 2.46. The quantitative estimate of drug-likeness (QED) is 0.625. The van der Waals surface area contributed by atoms with E-state index in [1.54, 1.807) is 0 Å². The lowest BCUT2D eigenvalue weighted by molar-refractivity contribution is 0.743. The number of nitrogens with zero attached hydrogens (tertiary/aromatic N) is 1. The Bertz CT molecular complexity index is 734. The van der Waals surface area contributed by atoms with Crippen LogP contribution in [0.4, 0.5) is 11.4 Å². The second-order valence-corrected chi connectivity index (χ2v) is 5.46. The van der Waals surface area contributed by atoms with Crippen molar-refractivity contribution in [3.05, 3.63) is 96.1 Å². The van der Waals surface area contributed by atoms with Crippen LogP contribution >= 0.6 is 0 Å². The number of hydrogen-bond acceptors (Lipinski definition) is 1. The summed E-state index contributed by atoms with van der Waals surface area (Å²) >= 11 is 0. The molecule has 0 aliphatic carbocycles. The van der Waals surface area contributed by atoms with Gasteiger partial charge in [0.1, 0.15) is 0 Å². The maximum absolute atomic E-state index is 2.46. The second-order valence-electron chi connectivity index (χ2n) is 5.46. The van der Waals surface area contributed by atoms with E-state index in [1.165, 1.54) is 22.5 Å². The molecule has 0 N–H and O–H groups in total. The van der Waals surface area contributed by atoms with Gasteiger partial charge in [0.15, 0.2) is 0 Å². The molecule has 1 aliphatic rings. The van der Waals surface area contributed by atoms with Crippen LogP contribution in [0.25, 0.3) is 0 Å². The Hall–Kier alpha value is -2.54. The number of benzene rings is 3. The number of fused-ring (bicyclic) bond motifs is 1. The molecule has 1 heteroatoms. The molecule has 0 radical (unpaired) electrons. The summed E-state index contributed by atoms with van der Waals surface area (Å²) in [6.45, 7) is 0. The minimum Gasteiger partial charge on any atom is -0.333 e. The summed E-state index contributed by atoms with van der Waals surface area (Å²) in [5.41, 5.74) is 5.39. The molecular weight excluding hydrogens is 254 g/mol. The Morgan fingerprint density at radius 3 is 2.05 bits per heavy atom. The third-order valence-electron chi connectivity index (χ3n) is 4.19. The molecule has 3 aromatic rings. The van der Waals surface area contributed by atoms with Gasteiger partial charge in [-0.2, -0.15) is 0 Å². The van der Waals surface area contributed by atoms with Crippen LogP contribution in [0.5, 0.6) is 0 Å². The molecule has 4 rings (SSSR count). The van der Waals surface area contributed by atoms with E-state index in [0.717, 1.165) is 6.42 Å². The average Bonchev–Trinajstić information content (AvgIpc) is 2.96. The highest BCUT2D eigenvalue weighted by atomic mass is 15.2. The first-order valence-corrected chi connectivity index (χ1v) is 7.40. The van der Waals surface area contributed by atoms with Gasteiger partial charge in [-0.15, -0.1) is 0 Å². The molecule has 0 saturated heterocycles. The van der Waals surface area contributed by atoms with Gasteiger partial charge >= 0.3 is 0 Å². The van der Waals surface area contributed by atoms with Gasteiger partial charge in [0.25, 0.3) is 0 Å². The average molecular weight is 271 g/mol. The van der Waals surface area contributed by atoms with Crippen LogP contribution in [-0.4, -0.2) is 0 Å². The van der Waals surface area contributed by atoms with Crippen LogP contribution in [0, 0.1) is 0 Å². The summed E-state index contributed by atoms with van der Waals surface area (Å²) in [7, 11) is 0. The summed E-state index contributed by atoms with van der Waals surface area (Å²) in [4.78, 5) is 2.46. The molecule has 0 spiro atoms. The Kier molecular flexibility index (Phi) is 2.97. The molecule has 0 saturated carbocycles. The van der Waals surface area contributed by atoms with Gasteiger partial charge in [-0.25, -0.2) is 0 Å². The second kappa shape index (κ2) is 5.10. The first kappa shape index (κ1) is 12.2. The number of anilines is 2. The van der Waals surface area contributed by atoms with Crippen molar-refractivity contribution < 1.29 is 0 Å². The zero-order chi connectivity index (χ0) is 14.1. The summed E-state index contributed by atoms with van der Waals surface area (Å²) in [5, 5.41) is 0. The van der Waals surface area contributed by atoms with E-state index in [1.807, 2.05) is 0 Å². The van der Waals surface area contributed by atoms with Crippen LogP contribution in [0.15, 0.2) is 84.9 Å². The highest BCUT2D eigenvalue weighted by Crippen LogP contribution is 2.44. The normalized spacial score (nSPS) is 16.8. The molecule has 0 fully saturated rings. The first-order valence-electron chi connectivity index (χ1n) is 7.40. The summed E-state index contributed by atoms with van der Waals surface area (Å²) < 4.78 is 0. The molecule has 3 aromatic carbocycles. The lowest BCUT2D eigenvalue weighted by Crippen LogP contribution is -2.19. The Morgan fingerprint density at radius 2 is 1.29 bits per heavy atom. The Morgan fingerprint density at radius 1 is 0.667 bits per heavy atom. The number of rotatable bonds is 2. The van der Waals surface area contributed by atoms with Gasteiger partial charge in [0.05, 0.1) is 6.04 Å². The molecule has 1 unspecified atom stereocenters.